The van der Waals surface area contributed by atoms with Crippen molar-refractivity contribution < 1.29 is 13.2 Å². The second kappa shape index (κ2) is 6.56. The van der Waals surface area contributed by atoms with Crippen LogP contribution in [0.3, 0.4) is 0 Å². The molecule has 1 heterocycles. The predicted molar refractivity (Wildman–Crippen MR) is 61.8 cm³/mol. The molecule has 17 heavy (non-hydrogen) atoms. The molecule has 1 fully saturated rings. The highest BCUT2D eigenvalue weighted by Gasteiger charge is 2.29. The third kappa shape index (κ3) is 5.23. The Morgan fingerprint density at radius 1 is 1.18 bits per heavy atom. The summed E-state index contributed by atoms with van der Waals surface area (Å²) in [7, 11) is 0. The number of piperazine rings is 1. The van der Waals surface area contributed by atoms with Crippen molar-refractivity contribution in [2.24, 2.45) is 5.73 Å². The lowest BCUT2D eigenvalue weighted by atomic mass is 10.1. The molecular formula is C11H22F3N3. The van der Waals surface area contributed by atoms with Crippen molar-refractivity contribution in [3.8, 4) is 0 Å². The smallest absolute Gasteiger partial charge is 0.329 e. The minimum atomic E-state index is -4.04. The molecule has 1 rings (SSSR count). The summed E-state index contributed by atoms with van der Waals surface area (Å²) >= 11 is 0. The van der Waals surface area contributed by atoms with Gasteiger partial charge in [-0.15, -0.1) is 0 Å². The fourth-order valence-corrected chi connectivity index (χ4v) is 2.21. The third-order valence-corrected chi connectivity index (χ3v) is 3.38. The van der Waals surface area contributed by atoms with Crippen molar-refractivity contribution in [2.45, 2.75) is 32.0 Å². The van der Waals surface area contributed by atoms with Gasteiger partial charge in [-0.2, -0.15) is 13.2 Å². The van der Waals surface area contributed by atoms with E-state index in [1.54, 1.807) is 0 Å². The number of alkyl halides is 3. The maximum atomic E-state index is 12.1. The van der Waals surface area contributed by atoms with Gasteiger partial charge in [-0.25, -0.2) is 0 Å². The largest absolute Gasteiger partial charge is 0.390 e. The SMILES string of the molecule is CCC(CN)N1CCN(CCC(F)(F)F)CC1. The summed E-state index contributed by atoms with van der Waals surface area (Å²) in [6.45, 7) is 5.92. The van der Waals surface area contributed by atoms with Crippen molar-refractivity contribution in [1.82, 2.24) is 9.80 Å². The van der Waals surface area contributed by atoms with Crippen LogP contribution in [0.2, 0.25) is 0 Å². The summed E-state index contributed by atoms with van der Waals surface area (Å²) in [5.74, 6) is 0. The summed E-state index contributed by atoms with van der Waals surface area (Å²) in [5.41, 5.74) is 5.66. The second-order valence-electron chi connectivity index (χ2n) is 4.54. The van der Waals surface area contributed by atoms with Gasteiger partial charge < -0.3 is 10.6 Å². The molecule has 1 aliphatic heterocycles. The summed E-state index contributed by atoms with van der Waals surface area (Å²) < 4.78 is 36.2. The van der Waals surface area contributed by atoms with E-state index in [0.29, 0.717) is 25.7 Å². The average molecular weight is 253 g/mol. The van der Waals surface area contributed by atoms with Crippen LogP contribution in [0.4, 0.5) is 13.2 Å². The van der Waals surface area contributed by atoms with Crippen molar-refractivity contribution in [3.63, 3.8) is 0 Å². The minimum Gasteiger partial charge on any atom is -0.329 e. The number of nitrogens with zero attached hydrogens (tertiary/aromatic N) is 2. The maximum absolute atomic E-state index is 12.1. The molecule has 1 unspecified atom stereocenters. The number of hydrogen-bond acceptors (Lipinski definition) is 3. The highest BCUT2D eigenvalue weighted by atomic mass is 19.4. The van der Waals surface area contributed by atoms with Gasteiger partial charge >= 0.3 is 6.18 Å². The minimum absolute atomic E-state index is 0.122. The first-order valence-corrected chi connectivity index (χ1v) is 6.19. The molecule has 3 nitrogen and oxygen atoms in total. The highest BCUT2D eigenvalue weighted by Crippen LogP contribution is 2.20. The normalized spacial score (nSPS) is 21.7. The van der Waals surface area contributed by atoms with E-state index in [2.05, 4.69) is 11.8 Å². The molecule has 0 aromatic rings. The quantitative estimate of drug-likeness (QED) is 0.801. The zero-order valence-electron chi connectivity index (χ0n) is 10.3. The van der Waals surface area contributed by atoms with Gasteiger partial charge in [0.05, 0.1) is 6.42 Å². The average Bonchev–Trinajstić information content (AvgIpc) is 2.29. The molecule has 0 aliphatic carbocycles. The summed E-state index contributed by atoms with van der Waals surface area (Å²) in [5, 5.41) is 0. The zero-order chi connectivity index (χ0) is 12.9. The van der Waals surface area contributed by atoms with Crippen LogP contribution in [0.25, 0.3) is 0 Å². The molecule has 0 aromatic carbocycles. The zero-order valence-corrected chi connectivity index (χ0v) is 10.3. The molecule has 0 bridgehead atoms. The van der Waals surface area contributed by atoms with E-state index in [4.69, 9.17) is 5.73 Å². The van der Waals surface area contributed by atoms with E-state index < -0.39 is 12.6 Å². The number of nitrogens with two attached hydrogens (primary N) is 1. The molecule has 1 aliphatic rings. The molecule has 0 spiro atoms. The van der Waals surface area contributed by atoms with E-state index in [9.17, 15) is 13.2 Å². The van der Waals surface area contributed by atoms with Crippen molar-refractivity contribution >= 4 is 0 Å². The summed E-state index contributed by atoms with van der Waals surface area (Å²) in [6, 6.07) is 0.375. The Hall–Kier alpha value is -0.330. The van der Waals surface area contributed by atoms with Gasteiger partial charge in [0, 0.05) is 45.3 Å². The van der Waals surface area contributed by atoms with Gasteiger partial charge in [0.2, 0.25) is 0 Å². The molecule has 102 valence electrons. The predicted octanol–water partition coefficient (Wildman–Crippen LogP) is 1.29. The van der Waals surface area contributed by atoms with Crippen LogP contribution in [0, 0.1) is 0 Å². The molecule has 1 saturated heterocycles. The van der Waals surface area contributed by atoms with Crippen LogP contribution in [-0.2, 0) is 0 Å². The monoisotopic (exact) mass is 253 g/mol. The maximum Gasteiger partial charge on any atom is 0.390 e. The van der Waals surface area contributed by atoms with Crippen LogP contribution in [0.1, 0.15) is 19.8 Å². The molecule has 0 radical (unpaired) electrons. The number of rotatable bonds is 5. The van der Waals surface area contributed by atoms with Crippen LogP contribution in [0.5, 0.6) is 0 Å². The van der Waals surface area contributed by atoms with Gasteiger partial charge in [0.15, 0.2) is 0 Å². The lowest BCUT2D eigenvalue weighted by molar-refractivity contribution is -0.138. The first-order chi connectivity index (χ1) is 7.96. The Morgan fingerprint density at radius 2 is 1.76 bits per heavy atom. The van der Waals surface area contributed by atoms with Crippen molar-refractivity contribution in [1.29, 1.82) is 0 Å². The first-order valence-electron chi connectivity index (χ1n) is 6.19. The molecule has 0 saturated carbocycles. The van der Waals surface area contributed by atoms with E-state index in [1.165, 1.54) is 0 Å². The van der Waals surface area contributed by atoms with Gasteiger partial charge in [-0.1, -0.05) is 6.92 Å². The van der Waals surface area contributed by atoms with E-state index in [-0.39, 0.29) is 6.54 Å². The Kier molecular flexibility index (Phi) is 5.69. The number of hydrogen-bond donors (Lipinski definition) is 1. The first kappa shape index (κ1) is 14.7. The Labute approximate surface area is 101 Å². The van der Waals surface area contributed by atoms with Crippen LogP contribution < -0.4 is 5.73 Å². The molecular weight excluding hydrogens is 231 g/mol. The summed E-state index contributed by atoms with van der Waals surface area (Å²) in [4.78, 5) is 4.16. The Balaban J connectivity index is 2.26. The Morgan fingerprint density at radius 3 is 2.18 bits per heavy atom. The van der Waals surface area contributed by atoms with Crippen LogP contribution >= 0.6 is 0 Å². The van der Waals surface area contributed by atoms with E-state index in [0.717, 1.165) is 19.5 Å². The van der Waals surface area contributed by atoms with E-state index >= 15 is 0 Å². The van der Waals surface area contributed by atoms with Crippen LogP contribution in [-0.4, -0.2) is 61.3 Å². The standard InChI is InChI=1S/C11H22F3N3/c1-2-10(9-15)17-7-5-16(6-8-17)4-3-11(12,13)14/h10H,2-9,15H2,1H3. The fourth-order valence-electron chi connectivity index (χ4n) is 2.21. The van der Waals surface area contributed by atoms with Crippen LogP contribution in [0.15, 0.2) is 0 Å². The Bertz CT molecular complexity index is 208. The molecule has 0 aromatic heterocycles. The van der Waals surface area contributed by atoms with Gasteiger partial charge in [0.25, 0.3) is 0 Å². The van der Waals surface area contributed by atoms with Gasteiger partial charge in [0.1, 0.15) is 0 Å². The molecule has 0 amide bonds. The lowest BCUT2D eigenvalue weighted by Gasteiger charge is -2.38. The highest BCUT2D eigenvalue weighted by molar-refractivity contribution is 4.78. The lowest BCUT2D eigenvalue weighted by Crippen LogP contribution is -2.52. The molecule has 1 atom stereocenters. The second-order valence-corrected chi connectivity index (χ2v) is 4.54. The molecule has 6 heteroatoms. The topological polar surface area (TPSA) is 32.5 Å². The van der Waals surface area contributed by atoms with Gasteiger partial charge in [-0.3, -0.25) is 4.90 Å². The molecule has 2 N–H and O–H groups in total. The summed E-state index contributed by atoms with van der Waals surface area (Å²) in [6.07, 6.45) is -3.75. The van der Waals surface area contributed by atoms with Crippen molar-refractivity contribution in [3.05, 3.63) is 0 Å². The van der Waals surface area contributed by atoms with E-state index in [1.807, 2.05) is 4.90 Å². The fraction of sp³-hybridized carbons (Fsp3) is 1.00. The van der Waals surface area contributed by atoms with Gasteiger partial charge in [-0.05, 0) is 6.42 Å². The third-order valence-electron chi connectivity index (χ3n) is 3.38. The van der Waals surface area contributed by atoms with Crippen molar-refractivity contribution in [2.75, 3.05) is 39.3 Å². The number of halogens is 3.